The van der Waals surface area contributed by atoms with E-state index in [0.29, 0.717) is 5.57 Å². The molecule has 0 heterocycles. The van der Waals surface area contributed by atoms with Gasteiger partial charge in [0.05, 0.1) is 12.2 Å². The number of rotatable bonds is 4. The van der Waals surface area contributed by atoms with Crippen molar-refractivity contribution in [2.45, 2.75) is 6.92 Å². The maximum atomic E-state index is 10.9. The van der Waals surface area contributed by atoms with Crippen molar-refractivity contribution in [1.82, 2.24) is 0 Å². The zero-order valence-corrected chi connectivity index (χ0v) is 6.54. The van der Waals surface area contributed by atoms with Gasteiger partial charge in [0, 0.05) is 0 Å². The molecule has 0 atom stereocenters. The highest BCUT2D eigenvalue weighted by Crippen LogP contribution is 1.97. The molecule has 0 aromatic rings. The summed E-state index contributed by atoms with van der Waals surface area (Å²) in [6.45, 7) is 5.03. The Labute approximate surface area is 66.0 Å². The van der Waals surface area contributed by atoms with Crippen LogP contribution in [0.15, 0.2) is 24.3 Å². The number of carbonyl (C=O) groups excluding carboxylic acids is 1. The van der Waals surface area contributed by atoms with Gasteiger partial charge in [0.15, 0.2) is 0 Å². The van der Waals surface area contributed by atoms with E-state index in [2.05, 4.69) is 11.3 Å². The number of esters is 1. The summed E-state index contributed by atoms with van der Waals surface area (Å²) in [6.07, 6.45) is 3.02. The first-order valence-electron chi connectivity index (χ1n) is 3.33. The summed E-state index contributed by atoms with van der Waals surface area (Å²) in [7, 11) is 0. The van der Waals surface area contributed by atoms with E-state index in [0.717, 1.165) is 0 Å². The summed E-state index contributed by atoms with van der Waals surface area (Å²) in [5.41, 5.74) is 0.415. The van der Waals surface area contributed by atoms with Crippen molar-refractivity contribution in [2.75, 3.05) is 13.2 Å². The van der Waals surface area contributed by atoms with Crippen LogP contribution in [0.4, 0.5) is 0 Å². The molecule has 3 heteroatoms. The molecule has 0 amide bonds. The highest BCUT2D eigenvalue weighted by atomic mass is 16.5. The maximum Gasteiger partial charge on any atom is 0.337 e. The summed E-state index contributed by atoms with van der Waals surface area (Å²) in [5, 5.41) is 8.32. The predicted molar refractivity (Wildman–Crippen MR) is 42.0 cm³/mol. The van der Waals surface area contributed by atoms with E-state index in [1.807, 2.05) is 0 Å². The number of carbonyl (C=O) groups is 1. The maximum absolute atomic E-state index is 10.9. The molecule has 0 saturated heterocycles. The zero-order valence-electron chi connectivity index (χ0n) is 6.54. The van der Waals surface area contributed by atoms with Crippen molar-refractivity contribution in [3.63, 3.8) is 0 Å². The van der Waals surface area contributed by atoms with Crippen molar-refractivity contribution in [3.05, 3.63) is 24.3 Å². The van der Waals surface area contributed by atoms with Crippen molar-refractivity contribution in [3.8, 4) is 0 Å². The molecule has 0 aliphatic heterocycles. The molecular formula is C8H12O3. The minimum absolute atomic E-state index is 0.0318. The number of aliphatic hydroxyl groups is 1. The molecule has 0 aromatic heterocycles. The third-order valence-corrected chi connectivity index (χ3v) is 1.09. The minimum atomic E-state index is -0.448. The molecular weight excluding hydrogens is 144 g/mol. The van der Waals surface area contributed by atoms with Crippen LogP contribution in [0, 0.1) is 0 Å². The van der Waals surface area contributed by atoms with Gasteiger partial charge in [-0.3, -0.25) is 0 Å². The van der Waals surface area contributed by atoms with Crippen LogP contribution in [-0.2, 0) is 9.53 Å². The molecule has 1 N–H and O–H groups in total. The number of allylic oxidation sites excluding steroid dienone is 1. The van der Waals surface area contributed by atoms with Crippen molar-refractivity contribution < 1.29 is 14.6 Å². The lowest BCUT2D eigenvalue weighted by molar-refractivity contribution is -0.139. The molecule has 62 valence electrons. The lowest BCUT2D eigenvalue weighted by atomic mass is 10.2. The molecule has 0 aromatic carbocycles. The van der Waals surface area contributed by atoms with Gasteiger partial charge in [-0.05, 0) is 6.92 Å². The summed E-state index contributed by atoms with van der Waals surface area (Å²) in [4.78, 5) is 10.9. The van der Waals surface area contributed by atoms with Gasteiger partial charge in [-0.25, -0.2) is 4.79 Å². The molecule has 3 nitrogen and oxygen atoms in total. The smallest absolute Gasteiger partial charge is 0.337 e. The van der Waals surface area contributed by atoms with E-state index in [9.17, 15) is 4.79 Å². The number of ether oxygens (including phenoxy) is 1. The molecule has 0 aliphatic carbocycles. The van der Waals surface area contributed by atoms with E-state index >= 15 is 0 Å². The SMILES string of the molecule is C=C/C(=C\C)C(=O)OCCO. The number of aliphatic hydroxyl groups excluding tert-OH is 1. The lowest BCUT2D eigenvalue weighted by Gasteiger charge is -2.01. The minimum Gasteiger partial charge on any atom is -0.460 e. The van der Waals surface area contributed by atoms with E-state index in [1.165, 1.54) is 6.08 Å². The van der Waals surface area contributed by atoms with Crippen LogP contribution in [0.2, 0.25) is 0 Å². The van der Waals surface area contributed by atoms with E-state index in [4.69, 9.17) is 5.11 Å². The number of hydrogen-bond acceptors (Lipinski definition) is 3. The third kappa shape index (κ3) is 3.57. The summed E-state index contributed by atoms with van der Waals surface area (Å²) >= 11 is 0. The first-order valence-corrected chi connectivity index (χ1v) is 3.33. The quantitative estimate of drug-likeness (QED) is 0.369. The second-order valence-corrected chi connectivity index (χ2v) is 1.81. The second-order valence-electron chi connectivity index (χ2n) is 1.81. The summed E-state index contributed by atoms with van der Waals surface area (Å²) in [5.74, 6) is -0.448. The largest absolute Gasteiger partial charge is 0.460 e. The fraction of sp³-hybridized carbons (Fsp3) is 0.375. The Morgan fingerprint density at radius 1 is 1.73 bits per heavy atom. The summed E-state index contributed by atoms with van der Waals surface area (Å²) < 4.78 is 4.61. The van der Waals surface area contributed by atoms with Gasteiger partial charge in [0.1, 0.15) is 6.61 Å². The van der Waals surface area contributed by atoms with Gasteiger partial charge in [-0.2, -0.15) is 0 Å². The molecule has 11 heavy (non-hydrogen) atoms. The Kier molecular flexibility index (Phi) is 5.11. The molecule has 0 aliphatic rings. The topological polar surface area (TPSA) is 46.5 Å². The standard InChI is InChI=1S/C8H12O3/c1-3-7(4-2)8(10)11-6-5-9/h3-4,9H,1,5-6H2,2H3/b7-4+. The van der Waals surface area contributed by atoms with Crippen molar-refractivity contribution in [2.24, 2.45) is 0 Å². The van der Waals surface area contributed by atoms with Crippen LogP contribution in [0.1, 0.15) is 6.92 Å². The molecule has 0 bridgehead atoms. The normalized spacial score (nSPS) is 10.9. The van der Waals surface area contributed by atoms with E-state index < -0.39 is 5.97 Å². The fourth-order valence-electron chi connectivity index (χ4n) is 0.541. The fourth-order valence-corrected chi connectivity index (χ4v) is 0.541. The van der Waals surface area contributed by atoms with Crippen LogP contribution in [0.3, 0.4) is 0 Å². The Bertz CT molecular complexity index is 170. The average molecular weight is 156 g/mol. The Balaban J connectivity index is 3.91. The molecule has 0 rings (SSSR count). The zero-order chi connectivity index (χ0) is 8.69. The van der Waals surface area contributed by atoms with Gasteiger partial charge in [0.2, 0.25) is 0 Å². The predicted octanol–water partition coefficient (Wildman–Crippen LogP) is 0.654. The molecule has 0 radical (unpaired) electrons. The highest BCUT2D eigenvalue weighted by Gasteiger charge is 2.04. The van der Waals surface area contributed by atoms with E-state index in [1.54, 1.807) is 13.0 Å². The van der Waals surface area contributed by atoms with Crippen LogP contribution in [0.5, 0.6) is 0 Å². The molecule has 0 fully saturated rings. The average Bonchev–Trinajstić information content (AvgIpc) is 2.03. The number of hydrogen-bond donors (Lipinski definition) is 1. The van der Waals surface area contributed by atoms with Crippen LogP contribution in [0.25, 0.3) is 0 Å². The Morgan fingerprint density at radius 3 is 2.73 bits per heavy atom. The molecule has 0 saturated carbocycles. The van der Waals surface area contributed by atoms with Gasteiger partial charge in [-0.1, -0.05) is 18.7 Å². The molecule has 0 unspecified atom stereocenters. The van der Waals surface area contributed by atoms with Gasteiger partial charge < -0.3 is 9.84 Å². The van der Waals surface area contributed by atoms with Gasteiger partial charge >= 0.3 is 5.97 Å². The Morgan fingerprint density at radius 2 is 2.36 bits per heavy atom. The van der Waals surface area contributed by atoms with Crippen LogP contribution < -0.4 is 0 Å². The monoisotopic (exact) mass is 156 g/mol. The second kappa shape index (κ2) is 5.68. The van der Waals surface area contributed by atoms with Crippen molar-refractivity contribution >= 4 is 5.97 Å². The van der Waals surface area contributed by atoms with Gasteiger partial charge in [0.25, 0.3) is 0 Å². The van der Waals surface area contributed by atoms with Crippen LogP contribution in [-0.4, -0.2) is 24.3 Å². The third-order valence-electron chi connectivity index (χ3n) is 1.09. The highest BCUT2D eigenvalue weighted by molar-refractivity contribution is 5.91. The first-order chi connectivity index (χ1) is 5.26. The van der Waals surface area contributed by atoms with Gasteiger partial charge in [-0.15, -0.1) is 0 Å². The van der Waals surface area contributed by atoms with E-state index in [-0.39, 0.29) is 13.2 Å². The lowest BCUT2D eigenvalue weighted by Crippen LogP contribution is -2.09. The molecule has 0 spiro atoms. The Hall–Kier alpha value is -1.09. The van der Waals surface area contributed by atoms with Crippen molar-refractivity contribution in [1.29, 1.82) is 0 Å². The van der Waals surface area contributed by atoms with Crippen LogP contribution >= 0.6 is 0 Å². The first kappa shape index (κ1) is 9.91. The summed E-state index contributed by atoms with van der Waals surface area (Å²) in [6, 6.07) is 0.